The minimum Gasteiger partial charge on any atom is -0.489 e. The zero-order valence-electron chi connectivity index (χ0n) is 10.9. The van der Waals surface area contributed by atoms with E-state index in [1.807, 2.05) is 19.9 Å². The normalized spacial score (nSPS) is 12.7. The smallest absolute Gasteiger partial charge is 0.138 e. The first-order valence-corrected chi connectivity index (χ1v) is 6.87. The standard InChI is InChI=1S/C14H18N2OS/c1-9(2)17-12-6-11(7-16-8-12)13(15)14-10(3)4-5-18-14/h4-9,13H,15H2,1-3H3. The molecule has 0 aliphatic carbocycles. The van der Waals surface area contributed by atoms with E-state index >= 15 is 0 Å². The molecule has 1 unspecified atom stereocenters. The Morgan fingerprint density at radius 1 is 1.33 bits per heavy atom. The summed E-state index contributed by atoms with van der Waals surface area (Å²) < 4.78 is 5.64. The highest BCUT2D eigenvalue weighted by atomic mass is 32.1. The average Bonchev–Trinajstić information content (AvgIpc) is 2.74. The maximum absolute atomic E-state index is 6.28. The van der Waals surface area contributed by atoms with Crippen molar-refractivity contribution in [3.63, 3.8) is 0 Å². The van der Waals surface area contributed by atoms with Gasteiger partial charge in [0.25, 0.3) is 0 Å². The molecule has 1 atom stereocenters. The molecule has 2 N–H and O–H groups in total. The van der Waals surface area contributed by atoms with Crippen molar-refractivity contribution in [1.82, 2.24) is 4.98 Å². The third kappa shape index (κ3) is 2.89. The van der Waals surface area contributed by atoms with Gasteiger partial charge in [-0.05, 0) is 49.4 Å². The molecule has 0 amide bonds. The van der Waals surface area contributed by atoms with Crippen LogP contribution in [-0.2, 0) is 0 Å². The van der Waals surface area contributed by atoms with Gasteiger partial charge < -0.3 is 10.5 Å². The SMILES string of the molecule is Cc1ccsc1C(N)c1cncc(OC(C)C)c1. The number of thiophene rings is 1. The van der Waals surface area contributed by atoms with E-state index in [0.717, 1.165) is 11.3 Å². The van der Waals surface area contributed by atoms with Crippen LogP contribution in [-0.4, -0.2) is 11.1 Å². The second-order valence-corrected chi connectivity index (χ2v) is 5.51. The van der Waals surface area contributed by atoms with E-state index < -0.39 is 0 Å². The fraction of sp³-hybridized carbons (Fsp3) is 0.357. The van der Waals surface area contributed by atoms with E-state index in [0.29, 0.717) is 0 Å². The fourth-order valence-corrected chi connectivity index (χ4v) is 2.75. The molecule has 4 heteroatoms. The third-order valence-electron chi connectivity index (χ3n) is 2.65. The average molecular weight is 262 g/mol. The van der Waals surface area contributed by atoms with E-state index in [9.17, 15) is 0 Å². The van der Waals surface area contributed by atoms with Crippen molar-refractivity contribution in [2.75, 3.05) is 0 Å². The van der Waals surface area contributed by atoms with Gasteiger partial charge in [0.05, 0.1) is 18.3 Å². The molecule has 0 bridgehead atoms. The zero-order valence-corrected chi connectivity index (χ0v) is 11.7. The summed E-state index contributed by atoms with van der Waals surface area (Å²) in [6.45, 7) is 6.07. The van der Waals surface area contributed by atoms with Gasteiger partial charge in [0.2, 0.25) is 0 Å². The molecule has 0 saturated heterocycles. The van der Waals surface area contributed by atoms with Gasteiger partial charge in [-0.25, -0.2) is 0 Å². The van der Waals surface area contributed by atoms with Crippen LogP contribution in [0.4, 0.5) is 0 Å². The number of rotatable bonds is 4. The van der Waals surface area contributed by atoms with Crippen LogP contribution in [0.25, 0.3) is 0 Å². The molecule has 2 heterocycles. The van der Waals surface area contributed by atoms with Gasteiger partial charge in [-0.15, -0.1) is 11.3 Å². The van der Waals surface area contributed by atoms with Crippen molar-refractivity contribution >= 4 is 11.3 Å². The second kappa shape index (κ2) is 5.50. The lowest BCUT2D eigenvalue weighted by Gasteiger charge is -2.14. The summed E-state index contributed by atoms with van der Waals surface area (Å²) >= 11 is 1.68. The van der Waals surface area contributed by atoms with Gasteiger partial charge >= 0.3 is 0 Å². The lowest BCUT2D eigenvalue weighted by molar-refractivity contribution is 0.241. The predicted molar refractivity (Wildman–Crippen MR) is 75.1 cm³/mol. The quantitative estimate of drug-likeness (QED) is 0.919. The van der Waals surface area contributed by atoms with Crippen LogP contribution < -0.4 is 10.5 Å². The number of aromatic nitrogens is 1. The van der Waals surface area contributed by atoms with Crippen molar-refractivity contribution in [2.24, 2.45) is 5.73 Å². The van der Waals surface area contributed by atoms with Gasteiger partial charge in [0, 0.05) is 11.1 Å². The molecule has 2 aromatic heterocycles. The van der Waals surface area contributed by atoms with Gasteiger partial charge in [0.15, 0.2) is 0 Å². The van der Waals surface area contributed by atoms with E-state index in [1.165, 1.54) is 10.4 Å². The van der Waals surface area contributed by atoms with Crippen LogP contribution in [0.1, 0.15) is 35.9 Å². The molecule has 2 aromatic rings. The molecule has 0 spiro atoms. The number of nitrogens with two attached hydrogens (primary N) is 1. The maximum atomic E-state index is 6.28. The molecular formula is C14H18N2OS. The minimum atomic E-state index is -0.131. The molecule has 0 aliphatic rings. The van der Waals surface area contributed by atoms with Gasteiger partial charge in [-0.1, -0.05) is 0 Å². The van der Waals surface area contributed by atoms with Crippen LogP contribution in [0.5, 0.6) is 5.75 Å². The highest BCUT2D eigenvalue weighted by molar-refractivity contribution is 7.10. The largest absolute Gasteiger partial charge is 0.489 e. The van der Waals surface area contributed by atoms with Gasteiger partial charge in [-0.2, -0.15) is 0 Å². The Morgan fingerprint density at radius 3 is 2.72 bits per heavy atom. The van der Waals surface area contributed by atoms with Crippen molar-refractivity contribution in [3.8, 4) is 5.75 Å². The van der Waals surface area contributed by atoms with Crippen molar-refractivity contribution in [3.05, 3.63) is 45.9 Å². The van der Waals surface area contributed by atoms with Crippen molar-refractivity contribution < 1.29 is 4.74 Å². The first-order chi connectivity index (χ1) is 8.58. The third-order valence-corrected chi connectivity index (χ3v) is 3.75. The maximum Gasteiger partial charge on any atom is 0.138 e. The Hall–Kier alpha value is -1.39. The fourth-order valence-electron chi connectivity index (χ4n) is 1.80. The molecule has 0 aliphatic heterocycles. The topological polar surface area (TPSA) is 48.1 Å². The molecule has 0 saturated carbocycles. The van der Waals surface area contributed by atoms with Gasteiger partial charge in [0.1, 0.15) is 5.75 Å². The number of pyridine rings is 1. The molecule has 18 heavy (non-hydrogen) atoms. The summed E-state index contributed by atoms with van der Waals surface area (Å²) in [5.74, 6) is 0.771. The molecule has 0 fully saturated rings. The molecule has 2 rings (SSSR count). The first-order valence-electron chi connectivity index (χ1n) is 5.99. The molecule has 0 radical (unpaired) electrons. The van der Waals surface area contributed by atoms with Crippen LogP contribution in [0.2, 0.25) is 0 Å². The predicted octanol–water partition coefficient (Wildman–Crippen LogP) is 3.29. The lowest BCUT2D eigenvalue weighted by Crippen LogP contribution is -2.12. The van der Waals surface area contributed by atoms with Crippen molar-refractivity contribution in [2.45, 2.75) is 32.9 Å². The summed E-state index contributed by atoms with van der Waals surface area (Å²) in [4.78, 5) is 5.38. The highest BCUT2D eigenvalue weighted by Gasteiger charge is 2.14. The first kappa shape index (κ1) is 13.1. The second-order valence-electron chi connectivity index (χ2n) is 4.57. The van der Waals surface area contributed by atoms with E-state index in [1.54, 1.807) is 23.7 Å². The Morgan fingerprint density at radius 2 is 2.11 bits per heavy atom. The van der Waals surface area contributed by atoms with Crippen LogP contribution >= 0.6 is 11.3 Å². The number of hydrogen-bond donors (Lipinski definition) is 1. The summed E-state index contributed by atoms with van der Waals surface area (Å²) in [6, 6.07) is 3.92. The van der Waals surface area contributed by atoms with Crippen molar-refractivity contribution in [1.29, 1.82) is 0 Å². The Bertz CT molecular complexity index is 522. The summed E-state index contributed by atoms with van der Waals surface area (Å²) in [7, 11) is 0. The molecular weight excluding hydrogens is 244 g/mol. The minimum absolute atomic E-state index is 0.131. The number of hydrogen-bond acceptors (Lipinski definition) is 4. The van der Waals surface area contributed by atoms with Crippen LogP contribution in [0, 0.1) is 6.92 Å². The Labute approximate surface area is 112 Å². The molecule has 96 valence electrons. The summed E-state index contributed by atoms with van der Waals surface area (Å²) in [5, 5.41) is 2.06. The summed E-state index contributed by atoms with van der Waals surface area (Å²) in [5.41, 5.74) is 8.49. The van der Waals surface area contributed by atoms with Gasteiger partial charge in [-0.3, -0.25) is 4.98 Å². The Kier molecular flexibility index (Phi) is 3.99. The summed E-state index contributed by atoms with van der Waals surface area (Å²) in [6.07, 6.45) is 3.66. The van der Waals surface area contributed by atoms with E-state index in [-0.39, 0.29) is 12.1 Å². The number of nitrogens with zero attached hydrogens (tertiary/aromatic N) is 1. The van der Waals surface area contributed by atoms with Crippen LogP contribution in [0.15, 0.2) is 29.9 Å². The van der Waals surface area contributed by atoms with E-state index in [2.05, 4.69) is 23.4 Å². The molecule has 0 aromatic carbocycles. The molecule has 3 nitrogen and oxygen atoms in total. The van der Waals surface area contributed by atoms with Crippen LogP contribution in [0.3, 0.4) is 0 Å². The monoisotopic (exact) mass is 262 g/mol. The van der Waals surface area contributed by atoms with E-state index in [4.69, 9.17) is 10.5 Å². The lowest BCUT2D eigenvalue weighted by atomic mass is 10.1. The Balaban J connectivity index is 2.25. The number of aryl methyl sites for hydroxylation is 1. The zero-order chi connectivity index (χ0) is 13.1. The highest BCUT2D eigenvalue weighted by Crippen LogP contribution is 2.28. The number of ether oxygens (including phenoxy) is 1.